The lowest BCUT2D eigenvalue weighted by atomic mass is 10.0. The Labute approximate surface area is 171 Å². The highest BCUT2D eigenvalue weighted by molar-refractivity contribution is 7.95. The number of nitrogens with one attached hydrogen (secondary N) is 1. The van der Waals surface area contributed by atoms with E-state index in [1.54, 1.807) is 18.2 Å². The molecule has 1 N–H and O–H groups in total. The first-order chi connectivity index (χ1) is 13.7. The van der Waals surface area contributed by atoms with Crippen molar-refractivity contribution < 1.29 is 22.7 Å². The van der Waals surface area contributed by atoms with Crippen molar-refractivity contribution in [3.63, 3.8) is 0 Å². The Balaban J connectivity index is 1.92. The van der Waals surface area contributed by atoms with E-state index < -0.39 is 20.7 Å². The number of nitrogens with zero attached hydrogens (tertiary/aromatic N) is 1. The molecule has 2 aromatic carbocycles. The van der Waals surface area contributed by atoms with Gasteiger partial charge in [-0.3, -0.25) is 9.10 Å². The maximum absolute atomic E-state index is 13.4. The molecular weight excluding hydrogens is 392 g/mol. The van der Waals surface area contributed by atoms with Crippen LogP contribution in [0.3, 0.4) is 0 Å². The van der Waals surface area contributed by atoms with Gasteiger partial charge in [-0.05, 0) is 50.5 Å². The van der Waals surface area contributed by atoms with Crippen molar-refractivity contribution in [2.75, 3.05) is 30.4 Å². The van der Waals surface area contributed by atoms with Gasteiger partial charge in [0.25, 0.3) is 0 Å². The lowest BCUT2D eigenvalue weighted by molar-refractivity contribution is -0.118. The summed E-state index contributed by atoms with van der Waals surface area (Å²) in [5, 5.41) is 2.73. The van der Waals surface area contributed by atoms with E-state index >= 15 is 0 Å². The molecule has 3 rings (SSSR count). The molecule has 156 valence electrons. The van der Waals surface area contributed by atoms with Crippen LogP contribution in [-0.4, -0.2) is 39.8 Å². The number of hydrogen-bond donors (Lipinski definition) is 1. The van der Waals surface area contributed by atoms with Crippen molar-refractivity contribution in [1.82, 2.24) is 0 Å². The summed E-state index contributed by atoms with van der Waals surface area (Å²) < 4.78 is 37.0. The predicted molar refractivity (Wildman–Crippen MR) is 113 cm³/mol. The summed E-state index contributed by atoms with van der Waals surface area (Å²) in [6, 6.07) is 10.5. The zero-order valence-electron chi connectivity index (χ0n) is 17.3. The molecule has 7 nitrogen and oxygen atoms in total. The Bertz CT molecular complexity index is 1030. The molecule has 0 aliphatic carbocycles. The van der Waals surface area contributed by atoms with E-state index in [1.807, 2.05) is 32.0 Å². The first-order valence-electron chi connectivity index (χ1n) is 9.27. The van der Waals surface area contributed by atoms with Crippen LogP contribution in [0.5, 0.6) is 11.5 Å². The Morgan fingerprint density at radius 2 is 1.69 bits per heavy atom. The zero-order valence-corrected chi connectivity index (χ0v) is 18.1. The Kier molecular flexibility index (Phi) is 5.49. The number of rotatable bonds is 5. The Hall–Kier alpha value is -2.74. The first-order valence-corrected chi connectivity index (χ1v) is 10.7. The summed E-state index contributed by atoms with van der Waals surface area (Å²) in [4.78, 5) is 13.1. The fourth-order valence-electron chi connectivity index (χ4n) is 3.65. The molecule has 1 atom stereocenters. The molecular formula is C21H26N2O5S. The Morgan fingerprint density at radius 1 is 1.07 bits per heavy atom. The Morgan fingerprint density at radius 3 is 2.28 bits per heavy atom. The molecule has 29 heavy (non-hydrogen) atoms. The third kappa shape index (κ3) is 3.42. The van der Waals surface area contributed by atoms with E-state index in [-0.39, 0.29) is 13.0 Å². The van der Waals surface area contributed by atoms with Gasteiger partial charge in [-0.2, -0.15) is 0 Å². The number of carbonyl (C=O) groups is 1. The topological polar surface area (TPSA) is 84.9 Å². The van der Waals surface area contributed by atoms with Gasteiger partial charge in [-0.15, -0.1) is 0 Å². The molecule has 8 heteroatoms. The van der Waals surface area contributed by atoms with Gasteiger partial charge in [0.1, 0.15) is 0 Å². The number of para-hydroxylation sites is 1. The van der Waals surface area contributed by atoms with E-state index in [1.165, 1.54) is 25.4 Å². The highest BCUT2D eigenvalue weighted by Gasteiger charge is 2.55. The zero-order chi connectivity index (χ0) is 21.4. The van der Waals surface area contributed by atoms with Crippen molar-refractivity contribution in [1.29, 1.82) is 0 Å². The molecule has 1 fully saturated rings. The average Bonchev–Trinajstić information content (AvgIpc) is 2.92. The number of carbonyl (C=O) groups excluding carboxylic acids is 1. The van der Waals surface area contributed by atoms with E-state index in [2.05, 4.69) is 5.32 Å². The van der Waals surface area contributed by atoms with E-state index in [9.17, 15) is 13.2 Å². The third-order valence-corrected chi connectivity index (χ3v) is 7.94. The number of sulfonamides is 1. The number of anilines is 2. The molecule has 1 aliphatic rings. The molecule has 1 amide bonds. The summed E-state index contributed by atoms with van der Waals surface area (Å²) >= 11 is 0. The quantitative estimate of drug-likeness (QED) is 0.806. The predicted octanol–water partition coefficient (Wildman–Crippen LogP) is 3.26. The molecule has 2 aromatic rings. The molecule has 0 aromatic heterocycles. The van der Waals surface area contributed by atoms with Crippen LogP contribution >= 0.6 is 0 Å². The van der Waals surface area contributed by atoms with Crippen LogP contribution in [0.15, 0.2) is 36.4 Å². The van der Waals surface area contributed by atoms with Crippen molar-refractivity contribution in [3.8, 4) is 11.5 Å². The van der Waals surface area contributed by atoms with Crippen molar-refractivity contribution in [2.24, 2.45) is 0 Å². The minimum absolute atomic E-state index is 0.197. The fourth-order valence-corrected chi connectivity index (χ4v) is 5.63. The lowest BCUT2D eigenvalue weighted by Crippen LogP contribution is -2.47. The van der Waals surface area contributed by atoms with Crippen LogP contribution in [0.4, 0.5) is 11.4 Å². The number of benzene rings is 2. The van der Waals surface area contributed by atoms with E-state index in [4.69, 9.17) is 9.47 Å². The van der Waals surface area contributed by atoms with Gasteiger partial charge in [0, 0.05) is 18.3 Å². The monoisotopic (exact) mass is 418 g/mol. The summed E-state index contributed by atoms with van der Waals surface area (Å²) in [7, 11) is -0.895. The van der Waals surface area contributed by atoms with Gasteiger partial charge in [0.2, 0.25) is 15.9 Å². The normalized spacial score (nSPS) is 20.4. The second-order valence-corrected chi connectivity index (χ2v) is 9.61. The SMILES string of the molecule is COc1ccc(NC(=O)[C@@]2(C)CCN(c3c(C)cccc3C)S2(=O)=O)cc1OC. The molecule has 1 saturated heterocycles. The lowest BCUT2D eigenvalue weighted by Gasteiger charge is -2.27. The van der Waals surface area contributed by atoms with Crippen LogP contribution in [-0.2, 0) is 14.8 Å². The molecule has 1 heterocycles. The summed E-state index contributed by atoms with van der Waals surface area (Å²) in [5.74, 6) is 0.395. The van der Waals surface area contributed by atoms with Crippen molar-refractivity contribution >= 4 is 27.3 Å². The first kappa shape index (κ1) is 21.0. The fraction of sp³-hybridized carbons (Fsp3) is 0.381. The smallest absolute Gasteiger partial charge is 0.249 e. The minimum atomic E-state index is -3.91. The van der Waals surface area contributed by atoms with Gasteiger partial charge in [-0.25, -0.2) is 8.42 Å². The number of methoxy groups -OCH3 is 2. The van der Waals surface area contributed by atoms with Crippen molar-refractivity contribution in [2.45, 2.75) is 31.9 Å². The average molecular weight is 419 g/mol. The van der Waals surface area contributed by atoms with E-state index in [0.717, 1.165) is 11.1 Å². The summed E-state index contributed by atoms with van der Waals surface area (Å²) in [6.07, 6.45) is 0.197. The maximum Gasteiger partial charge on any atom is 0.249 e. The molecule has 0 unspecified atom stereocenters. The molecule has 1 aliphatic heterocycles. The van der Waals surface area contributed by atoms with Crippen LogP contribution in [0.2, 0.25) is 0 Å². The molecule has 0 bridgehead atoms. The highest BCUT2D eigenvalue weighted by atomic mass is 32.2. The van der Waals surface area contributed by atoms with E-state index in [0.29, 0.717) is 22.9 Å². The second kappa shape index (κ2) is 7.59. The van der Waals surface area contributed by atoms with Crippen LogP contribution in [0.25, 0.3) is 0 Å². The number of ether oxygens (including phenoxy) is 2. The number of amides is 1. The highest BCUT2D eigenvalue weighted by Crippen LogP contribution is 2.40. The number of hydrogen-bond acceptors (Lipinski definition) is 5. The summed E-state index contributed by atoms with van der Waals surface area (Å²) in [6.45, 7) is 5.48. The van der Waals surface area contributed by atoms with Crippen molar-refractivity contribution in [3.05, 3.63) is 47.5 Å². The maximum atomic E-state index is 13.4. The molecule has 0 radical (unpaired) electrons. The van der Waals surface area contributed by atoms with Crippen LogP contribution in [0.1, 0.15) is 24.5 Å². The van der Waals surface area contributed by atoms with Gasteiger partial charge in [0.15, 0.2) is 16.2 Å². The standard InChI is InChI=1S/C21H26N2O5S/c1-14-7-6-8-15(2)19(14)23-12-11-21(3,29(23,25)26)20(24)22-16-9-10-17(27-4)18(13-16)28-5/h6-10,13H,11-12H2,1-5H3,(H,22,24)/t21-/m1/s1. The van der Waals surface area contributed by atoms with Crippen LogP contribution < -0.4 is 19.1 Å². The summed E-state index contributed by atoms with van der Waals surface area (Å²) in [5.41, 5.74) is 2.81. The second-order valence-electron chi connectivity index (χ2n) is 7.32. The molecule has 0 spiro atoms. The largest absolute Gasteiger partial charge is 0.493 e. The number of aryl methyl sites for hydroxylation is 2. The van der Waals surface area contributed by atoms with Gasteiger partial charge >= 0.3 is 0 Å². The van der Waals surface area contributed by atoms with Gasteiger partial charge in [-0.1, -0.05) is 18.2 Å². The van der Waals surface area contributed by atoms with Crippen LogP contribution in [0, 0.1) is 13.8 Å². The molecule has 0 saturated carbocycles. The van der Waals surface area contributed by atoms with Gasteiger partial charge in [0.05, 0.1) is 19.9 Å². The minimum Gasteiger partial charge on any atom is -0.493 e. The third-order valence-electron chi connectivity index (χ3n) is 5.46. The van der Waals surface area contributed by atoms with Gasteiger partial charge < -0.3 is 14.8 Å².